The van der Waals surface area contributed by atoms with Crippen molar-refractivity contribution in [2.24, 2.45) is 0 Å². The summed E-state index contributed by atoms with van der Waals surface area (Å²) < 4.78 is 3.18. The molecule has 8 heteroatoms. The number of carbonyl (C=O) groups excluding carboxylic acids is 1. The molecule has 0 fully saturated rings. The van der Waals surface area contributed by atoms with E-state index >= 15 is 0 Å². The van der Waals surface area contributed by atoms with Crippen LogP contribution in [0.5, 0.6) is 0 Å². The molecule has 3 aromatic heterocycles. The van der Waals surface area contributed by atoms with Gasteiger partial charge in [0.25, 0.3) is 5.56 Å². The number of amides is 1. The van der Waals surface area contributed by atoms with E-state index < -0.39 is 0 Å². The summed E-state index contributed by atoms with van der Waals surface area (Å²) in [5.41, 5.74) is 3.27. The number of aromatic nitrogens is 5. The molecule has 0 unspecified atom stereocenters. The van der Waals surface area contributed by atoms with Gasteiger partial charge in [-0.25, -0.2) is 9.67 Å². The molecule has 0 aliphatic rings. The summed E-state index contributed by atoms with van der Waals surface area (Å²) in [7, 11) is 0. The third kappa shape index (κ3) is 3.98. The molecular weight excluding hydrogens is 380 g/mol. The number of aryl methyl sites for hydroxylation is 2. The highest BCUT2D eigenvalue weighted by Gasteiger charge is 2.15. The molecule has 30 heavy (non-hydrogen) atoms. The number of nitrogens with zero attached hydrogens (tertiary/aromatic N) is 5. The third-order valence-corrected chi connectivity index (χ3v) is 4.96. The quantitative estimate of drug-likeness (QED) is 0.534. The summed E-state index contributed by atoms with van der Waals surface area (Å²) in [5, 5.41) is 7.64. The summed E-state index contributed by atoms with van der Waals surface area (Å²) in [5.74, 6) is 0.414. The van der Waals surface area contributed by atoms with E-state index in [0.717, 1.165) is 16.8 Å². The topological polar surface area (TPSA) is 94.7 Å². The van der Waals surface area contributed by atoms with Gasteiger partial charge in [0.1, 0.15) is 11.2 Å². The Balaban J connectivity index is 1.51. The fourth-order valence-corrected chi connectivity index (χ4v) is 3.25. The SMILES string of the molecule is Cc1ccc(-n2ncc3c(=O)n(CCC(=O)NCc4ccncc4)c(C)nc32)cc1. The standard InChI is InChI=1S/C22H22N6O2/c1-15-3-5-18(6-4-15)28-21-19(14-25-28)22(30)27(16(2)26-21)12-9-20(29)24-13-17-7-10-23-11-8-17/h3-8,10-11,14H,9,12-13H2,1-2H3,(H,24,29). The Bertz CT molecular complexity index is 1240. The summed E-state index contributed by atoms with van der Waals surface area (Å²) in [6.45, 7) is 4.46. The Morgan fingerprint density at radius 3 is 2.53 bits per heavy atom. The number of carbonyl (C=O) groups is 1. The fraction of sp³-hybridized carbons (Fsp3) is 0.227. The van der Waals surface area contributed by atoms with Crippen molar-refractivity contribution >= 4 is 16.9 Å². The van der Waals surface area contributed by atoms with Crippen LogP contribution < -0.4 is 10.9 Å². The van der Waals surface area contributed by atoms with Crippen LogP contribution in [-0.4, -0.2) is 30.2 Å². The zero-order valence-electron chi connectivity index (χ0n) is 16.9. The Labute approximate surface area is 173 Å². The van der Waals surface area contributed by atoms with Gasteiger partial charge < -0.3 is 5.32 Å². The minimum atomic E-state index is -0.196. The van der Waals surface area contributed by atoms with Crippen molar-refractivity contribution in [1.29, 1.82) is 0 Å². The van der Waals surface area contributed by atoms with Gasteiger partial charge in [-0.15, -0.1) is 0 Å². The Kier molecular flexibility index (Phi) is 5.38. The second-order valence-electron chi connectivity index (χ2n) is 7.13. The molecule has 4 rings (SSSR count). The molecular formula is C22H22N6O2. The summed E-state index contributed by atoms with van der Waals surface area (Å²) in [6, 6.07) is 11.6. The first kappa shape index (κ1) is 19.5. The number of benzene rings is 1. The van der Waals surface area contributed by atoms with Crippen molar-refractivity contribution < 1.29 is 4.79 Å². The van der Waals surface area contributed by atoms with Gasteiger partial charge in [-0.1, -0.05) is 17.7 Å². The van der Waals surface area contributed by atoms with Gasteiger partial charge in [0.05, 0.1) is 11.9 Å². The molecule has 3 heterocycles. The van der Waals surface area contributed by atoms with Crippen LogP contribution in [0.2, 0.25) is 0 Å². The zero-order chi connectivity index (χ0) is 21.1. The summed E-state index contributed by atoms with van der Waals surface area (Å²) in [6.07, 6.45) is 5.08. The highest BCUT2D eigenvalue weighted by Crippen LogP contribution is 2.15. The van der Waals surface area contributed by atoms with Crippen LogP contribution in [-0.2, 0) is 17.9 Å². The normalized spacial score (nSPS) is 11.0. The first-order valence-corrected chi connectivity index (χ1v) is 9.71. The highest BCUT2D eigenvalue weighted by molar-refractivity contribution is 5.76. The van der Waals surface area contributed by atoms with Crippen molar-refractivity contribution in [3.63, 3.8) is 0 Å². The van der Waals surface area contributed by atoms with Gasteiger partial charge in [-0.3, -0.25) is 19.1 Å². The lowest BCUT2D eigenvalue weighted by Crippen LogP contribution is -2.29. The Morgan fingerprint density at radius 2 is 1.80 bits per heavy atom. The molecule has 1 N–H and O–H groups in total. The van der Waals surface area contributed by atoms with Crippen molar-refractivity contribution in [1.82, 2.24) is 29.6 Å². The number of hydrogen-bond acceptors (Lipinski definition) is 5. The second kappa shape index (κ2) is 8.28. The molecule has 0 spiro atoms. The molecule has 0 saturated heterocycles. The molecule has 152 valence electrons. The second-order valence-corrected chi connectivity index (χ2v) is 7.13. The Hall–Kier alpha value is -3.81. The number of nitrogens with one attached hydrogen (secondary N) is 1. The van der Waals surface area contributed by atoms with E-state index in [1.165, 1.54) is 10.8 Å². The first-order chi connectivity index (χ1) is 14.5. The average molecular weight is 402 g/mol. The van der Waals surface area contributed by atoms with Crippen molar-refractivity contribution in [3.05, 3.63) is 82.3 Å². The van der Waals surface area contributed by atoms with Gasteiger partial charge in [0, 0.05) is 31.9 Å². The molecule has 0 radical (unpaired) electrons. The number of pyridine rings is 1. The van der Waals surface area contributed by atoms with Gasteiger partial charge >= 0.3 is 0 Å². The molecule has 1 aromatic carbocycles. The number of hydrogen-bond donors (Lipinski definition) is 1. The van der Waals surface area contributed by atoms with E-state index in [-0.39, 0.29) is 24.4 Å². The van der Waals surface area contributed by atoms with Gasteiger partial charge in [0.15, 0.2) is 5.65 Å². The maximum absolute atomic E-state index is 13.0. The lowest BCUT2D eigenvalue weighted by Gasteiger charge is -2.11. The van der Waals surface area contributed by atoms with E-state index in [1.807, 2.05) is 43.3 Å². The van der Waals surface area contributed by atoms with Gasteiger partial charge in [-0.05, 0) is 43.7 Å². The van der Waals surface area contributed by atoms with Crippen LogP contribution in [0.3, 0.4) is 0 Å². The lowest BCUT2D eigenvalue weighted by molar-refractivity contribution is -0.121. The Morgan fingerprint density at radius 1 is 1.07 bits per heavy atom. The predicted molar refractivity (Wildman–Crippen MR) is 113 cm³/mol. The van der Waals surface area contributed by atoms with E-state index in [2.05, 4.69) is 20.4 Å². The first-order valence-electron chi connectivity index (χ1n) is 9.71. The summed E-state index contributed by atoms with van der Waals surface area (Å²) in [4.78, 5) is 33.7. The number of fused-ring (bicyclic) bond motifs is 1. The minimum Gasteiger partial charge on any atom is -0.352 e. The number of rotatable bonds is 6. The smallest absolute Gasteiger partial charge is 0.264 e. The zero-order valence-corrected chi connectivity index (χ0v) is 16.9. The van der Waals surface area contributed by atoms with Crippen LogP contribution in [0, 0.1) is 13.8 Å². The van der Waals surface area contributed by atoms with Gasteiger partial charge in [-0.2, -0.15) is 5.10 Å². The van der Waals surface area contributed by atoms with Gasteiger partial charge in [0.2, 0.25) is 5.91 Å². The largest absolute Gasteiger partial charge is 0.352 e. The van der Waals surface area contributed by atoms with E-state index in [4.69, 9.17) is 0 Å². The summed E-state index contributed by atoms with van der Waals surface area (Å²) >= 11 is 0. The maximum Gasteiger partial charge on any atom is 0.264 e. The van der Waals surface area contributed by atoms with Crippen molar-refractivity contribution in [2.75, 3.05) is 0 Å². The van der Waals surface area contributed by atoms with Crippen LogP contribution >= 0.6 is 0 Å². The molecule has 4 aromatic rings. The van der Waals surface area contributed by atoms with E-state index in [0.29, 0.717) is 23.4 Å². The molecule has 0 aliphatic heterocycles. The maximum atomic E-state index is 13.0. The third-order valence-electron chi connectivity index (χ3n) is 4.96. The lowest BCUT2D eigenvalue weighted by atomic mass is 10.2. The molecule has 0 aliphatic carbocycles. The molecule has 0 bridgehead atoms. The van der Waals surface area contributed by atoms with Crippen LogP contribution in [0.1, 0.15) is 23.4 Å². The average Bonchev–Trinajstić information content (AvgIpc) is 3.17. The molecule has 1 amide bonds. The van der Waals surface area contributed by atoms with Crippen LogP contribution in [0.15, 0.2) is 59.8 Å². The molecule has 8 nitrogen and oxygen atoms in total. The predicted octanol–water partition coefficient (Wildman–Crippen LogP) is 2.30. The van der Waals surface area contributed by atoms with Crippen LogP contribution in [0.4, 0.5) is 0 Å². The molecule has 0 atom stereocenters. The van der Waals surface area contributed by atoms with Crippen LogP contribution in [0.25, 0.3) is 16.7 Å². The van der Waals surface area contributed by atoms with E-state index in [1.54, 1.807) is 24.0 Å². The monoisotopic (exact) mass is 402 g/mol. The highest BCUT2D eigenvalue weighted by atomic mass is 16.1. The van der Waals surface area contributed by atoms with Crippen molar-refractivity contribution in [3.8, 4) is 5.69 Å². The van der Waals surface area contributed by atoms with E-state index in [9.17, 15) is 9.59 Å². The minimum absolute atomic E-state index is 0.131. The fourth-order valence-electron chi connectivity index (χ4n) is 3.25. The van der Waals surface area contributed by atoms with Crippen molar-refractivity contribution in [2.45, 2.75) is 33.4 Å². The molecule has 0 saturated carbocycles.